The van der Waals surface area contributed by atoms with E-state index in [1.54, 1.807) is 25.1 Å². The highest BCUT2D eigenvalue weighted by atomic mass is 35.5. The number of nitrogens with zero attached hydrogens (tertiary/aromatic N) is 3. The summed E-state index contributed by atoms with van der Waals surface area (Å²) in [6, 6.07) is 6.18. The fraction of sp³-hybridized carbons (Fsp3) is 0.429. The Bertz CT molecular complexity index is 1630. The Morgan fingerprint density at radius 1 is 1.15 bits per heavy atom. The molecule has 2 amide bonds. The van der Waals surface area contributed by atoms with E-state index in [9.17, 15) is 23.1 Å². The van der Waals surface area contributed by atoms with Crippen LogP contribution in [0.3, 0.4) is 0 Å². The average molecular weight is 703 g/mol. The highest BCUT2D eigenvalue weighted by Crippen LogP contribution is 2.35. The maximum atomic E-state index is 15.7. The van der Waals surface area contributed by atoms with Crippen LogP contribution in [-0.4, -0.2) is 73.5 Å². The predicted octanol–water partition coefficient (Wildman–Crippen LogP) is 5.11. The molecule has 1 aromatic heterocycles. The van der Waals surface area contributed by atoms with Crippen LogP contribution in [0.4, 0.5) is 24.8 Å². The maximum Gasteiger partial charge on any atom is 0.404 e. The van der Waals surface area contributed by atoms with Crippen molar-refractivity contribution in [3.63, 3.8) is 0 Å². The number of aromatic nitrogens is 2. The van der Waals surface area contributed by atoms with Gasteiger partial charge >= 0.3 is 12.2 Å². The molecule has 0 fully saturated rings. The zero-order valence-corrected chi connectivity index (χ0v) is 28.1. The summed E-state index contributed by atoms with van der Waals surface area (Å²) in [7, 11) is -1.69. The Morgan fingerprint density at radius 3 is 2.46 bits per heavy atom. The second-order valence-corrected chi connectivity index (χ2v) is 14.1. The molecule has 0 saturated heterocycles. The summed E-state index contributed by atoms with van der Waals surface area (Å²) in [6.45, 7) is 5.22. The maximum absolute atomic E-state index is 15.7. The number of halogens is 2. The van der Waals surface area contributed by atoms with Gasteiger partial charge < -0.3 is 35.6 Å². The van der Waals surface area contributed by atoms with Crippen molar-refractivity contribution in [1.82, 2.24) is 20.0 Å². The van der Waals surface area contributed by atoms with Crippen molar-refractivity contribution < 1.29 is 42.1 Å². The summed E-state index contributed by atoms with van der Waals surface area (Å²) in [5.74, 6) is -0.674. The second-order valence-electron chi connectivity index (χ2n) is 11.1. The van der Waals surface area contributed by atoms with Gasteiger partial charge in [0.2, 0.25) is 5.13 Å². The van der Waals surface area contributed by atoms with Gasteiger partial charge in [0.05, 0.1) is 31.5 Å². The van der Waals surface area contributed by atoms with Crippen LogP contribution < -0.4 is 29.7 Å². The standard InChI is InChI=1S/C28H36ClFN6O8S2/c1-16(35-27(39)40)18(11-28(2,3)14-32-26(37)38)12-31-22-10-21(30)24(9-20(22)29)46(41,42)36(25-33-15-34-45-25)13-17-6-7-19(43-4)8-23(17)44-5/h6-10,15-16,18,31-32,35H,11-14H2,1-5H3,(H,37,38)(H,39,40)/t16-,18?/m1/s1. The predicted molar refractivity (Wildman–Crippen MR) is 171 cm³/mol. The first kappa shape index (κ1) is 36.4. The van der Waals surface area contributed by atoms with Gasteiger partial charge in [-0.2, -0.15) is 4.37 Å². The number of amides is 2. The lowest BCUT2D eigenvalue weighted by Crippen LogP contribution is -2.43. The number of benzene rings is 2. The van der Waals surface area contributed by atoms with Crippen molar-refractivity contribution in [1.29, 1.82) is 0 Å². The number of nitrogens with one attached hydrogen (secondary N) is 3. The number of sulfonamides is 1. The van der Waals surface area contributed by atoms with Gasteiger partial charge in [0.25, 0.3) is 10.0 Å². The summed E-state index contributed by atoms with van der Waals surface area (Å²) in [5, 5.41) is 25.9. The molecule has 0 aliphatic heterocycles. The van der Waals surface area contributed by atoms with Crippen molar-refractivity contribution in [3.05, 3.63) is 53.1 Å². The van der Waals surface area contributed by atoms with Crippen LogP contribution in [0.5, 0.6) is 11.5 Å². The summed E-state index contributed by atoms with van der Waals surface area (Å²) >= 11 is 7.29. The van der Waals surface area contributed by atoms with E-state index in [1.807, 2.05) is 13.8 Å². The van der Waals surface area contributed by atoms with Gasteiger partial charge in [-0.05, 0) is 48.9 Å². The zero-order valence-electron chi connectivity index (χ0n) is 25.7. The molecule has 252 valence electrons. The molecule has 14 nitrogen and oxygen atoms in total. The minimum absolute atomic E-state index is 0.0154. The molecule has 18 heteroatoms. The molecule has 2 aromatic carbocycles. The molecule has 3 rings (SSSR count). The van der Waals surface area contributed by atoms with Gasteiger partial charge in [0.1, 0.15) is 28.5 Å². The molecule has 0 saturated carbocycles. The summed E-state index contributed by atoms with van der Waals surface area (Å²) in [5.41, 5.74) is -0.0535. The van der Waals surface area contributed by atoms with Crippen LogP contribution in [0.1, 0.15) is 32.8 Å². The third-order valence-corrected chi connectivity index (χ3v) is 9.97. The molecule has 46 heavy (non-hydrogen) atoms. The summed E-state index contributed by atoms with van der Waals surface area (Å²) in [6.07, 6.45) is -0.894. The largest absolute Gasteiger partial charge is 0.497 e. The Morgan fingerprint density at radius 2 is 1.87 bits per heavy atom. The quantitative estimate of drug-likeness (QED) is 0.133. The van der Waals surface area contributed by atoms with Crippen LogP contribution in [-0.2, 0) is 16.6 Å². The van der Waals surface area contributed by atoms with E-state index >= 15 is 4.39 Å². The van der Waals surface area contributed by atoms with Crippen molar-refractivity contribution in [3.8, 4) is 11.5 Å². The van der Waals surface area contributed by atoms with E-state index in [0.717, 1.165) is 28.0 Å². The molecule has 1 heterocycles. The van der Waals surface area contributed by atoms with Crippen LogP contribution in [0.25, 0.3) is 0 Å². The minimum atomic E-state index is -4.59. The lowest BCUT2D eigenvalue weighted by Gasteiger charge is -2.33. The van der Waals surface area contributed by atoms with Crippen molar-refractivity contribution in [2.45, 2.75) is 44.7 Å². The summed E-state index contributed by atoms with van der Waals surface area (Å²) < 4.78 is 59.0. The highest BCUT2D eigenvalue weighted by molar-refractivity contribution is 7.93. The molecular formula is C28H36ClFN6O8S2. The van der Waals surface area contributed by atoms with Gasteiger partial charge in [-0.15, -0.1) is 0 Å². The first-order valence-electron chi connectivity index (χ1n) is 13.8. The van der Waals surface area contributed by atoms with Gasteiger partial charge in [0.15, 0.2) is 0 Å². The van der Waals surface area contributed by atoms with Crippen molar-refractivity contribution in [2.75, 3.05) is 36.9 Å². The van der Waals surface area contributed by atoms with E-state index in [-0.39, 0.29) is 35.5 Å². The van der Waals surface area contributed by atoms with Crippen molar-refractivity contribution >= 4 is 56.2 Å². The Hall–Kier alpha value is -4.09. The smallest absolute Gasteiger partial charge is 0.404 e. The van der Waals surface area contributed by atoms with Crippen LogP contribution in [0, 0.1) is 17.2 Å². The number of carbonyl (C=O) groups is 2. The molecule has 0 aliphatic carbocycles. The lowest BCUT2D eigenvalue weighted by atomic mass is 9.80. The number of rotatable bonds is 16. The molecular weight excluding hydrogens is 667 g/mol. The highest BCUT2D eigenvalue weighted by Gasteiger charge is 2.33. The van der Waals surface area contributed by atoms with E-state index in [4.69, 9.17) is 26.2 Å². The number of hydrogen-bond donors (Lipinski definition) is 5. The number of methoxy groups -OCH3 is 2. The van der Waals surface area contributed by atoms with Gasteiger partial charge in [-0.25, -0.2) is 31.7 Å². The fourth-order valence-electron chi connectivity index (χ4n) is 4.73. The molecule has 0 aliphatic rings. The molecule has 3 aromatic rings. The number of carboxylic acid groups (broad SMARTS) is 2. The van der Waals surface area contributed by atoms with Gasteiger partial charge in [0, 0.05) is 42.3 Å². The Labute approximate surface area is 275 Å². The third kappa shape index (κ3) is 9.46. The molecule has 0 bridgehead atoms. The van der Waals surface area contributed by atoms with Crippen LogP contribution in [0.2, 0.25) is 5.02 Å². The monoisotopic (exact) mass is 702 g/mol. The molecule has 0 spiro atoms. The average Bonchev–Trinajstić information content (AvgIpc) is 3.52. The first-order chi connectivity index (χ1) is 21.6. The van der Waals surface area contributed by atoms with E-state index < -0.39 is 50.3 Å². The Kier molecular flexibility index (Phi) is 12.2. The van der Waals surface area contributed by atoms with E-state index in [2.05, 4.69) is 25.3 Å². The van der Waals surface area contributed by atoms with E-state index in [1.165, 1.54) is 20.5 Å². The molecule has 0 radical (unpaired) electrons. The second kappa shape index (κ2) is 15.5. The molecule has 2 atom stereocenters. The lowest BCUT2D eigenvalue weighted by molar-refractivity contribution is 0.172. The normalized spacial score (nSPS) is 12.9. The number of ether oxygens (including phenoxy) is 2. The zero-order chi connectivity index (χ0) is 34.2. The SMILES string of the molecule is COc1ccc(CN(c2ncns2)S(=O)(=O)c2cc(Cl)c(NCC(CC(C)(C)CNC(=O)O)[C@@H](C)NC(=O)O)cc2F)c(OC)c1. The van der Waals surface area contributed by atoms with Crippen molar-refractivity contribution in [2.24, 2.45) is 11.3 Å². The van der Waals surface area contributed by atoms with Crippen LogP contribution in [0.15, 0.2) is 41.6 Å². The van der Waals surface area contributed by atoms with Gasteiger partial charge in [-0.3, -0.25) is 0 Å². The molecule has 5 N–H and O–H groups in total. The minimum Gasteiger partial charge on any atom is -0.497 e. The van der Waals surface area contributed by atoms with Crippen LogP contribution >= 0.6 is 23.1 Å². The first-order valence-corrected chi connectivity index (χ1v) is 16.4. The Balaban J connectivity index is 1.92. The van der Waals surface area contributed by atoms with Gasteiger partial charge in [-0.1, -0.05) is 25.4 Å². The number of hydrogen-bond acceptors (Lipinski definition) is 10. The number of anilines is 2. The molecule has 1 unspecified atom stereocenters. The topological polar surface area (TPSA) is 192 Å². The third-order valence-electron chi connectivity index (χ3n) is 7.11. The fourth-order valence-corrected chi connectivity index (χ4v) is 7.23. The van der Waals surface area contributed by atoms with E-state index in [0.29, 0.717) is 23.5 Å². The summed E-state index contributed by atoms with van der Waals surface area (Å²) in [4.78, 5) is 25.7.